The van der Waals surface area contributed by atoms with Crippen LogP contribution in [0.25, 0.3) is 6.08 Å². The quantitative estimate of drug-likeness (QED) is 0.753. The molecule has 0 bridgehead atoms. The normalized spacial score (nSPS) is 12.9. The third kappa shape index (κ3) is 5.04. The van der Waals surface area contributed by atoms with E-state index in [9.17, 15) is 4.79 Å². The van der Waals surface area contributed by atoms with Crippen molar-refractivity contribution >= 4 is 23.3 Å². The Hall–Kier alpha value is -1.92. The number of aryl methyl sites for hydroxylation is 1. The fourth-order valence-electron chi connectivity index (χ4n) is 2.43. The molecule has 0 spiro atoms. The number of thiazole rings is 1. The zero-order chi connectivity index (χ0) is 16.7. The van der Waals surface area contributed by atoms with Crippen LogP contribution in [0.5, 0.6) is 0 Å². The topological polar surface area (TPSA) is 58.4 Å². The summed E-state index contributed by atoms with van der Waals surface area (Å²) in [6.45, 7) is 8.45. The molecule has 0 aromatic carbocycles. The number of hydrogen-bond acceptors (Lipinski definition) is 5. The van der Waals surface area contributed by atoms with Gasteiger partial charge in [-0.05, 0) is 38.2 Å². The molecule has 0 saturated heterocycles. The SMILES string of the molecule is CCN(CC)[C@@H](CNC(=O)/C=C\c1csc(C)n1)c1ccco1. The van der Waals surface area contributed by atoms with E-state index in [2.05, 4.69) is 29.0 Å². The Bertz CT molecular complexity index is 630. The van der Waals surface area contributed by atoms with Gasteiger partial charge in [0.1, 0.15) is 5.76 Å². The summed E-state index contributed by atoms with van der Waals surface area (Å²) in [4.78, 5) is 18.6. The summed E-state index contributed by atoms with van der Waals surface area (Å²) in [5, 5.41) is 5.87. The highest BCUT2D eigenvalue weighted by molar-refractivity contribution is 7.09. The van der Waals surface area contributed by atoms with Crippen LogP contribution in [-0.4, -0.2) is 35.4 Å². The van der Waals surface area contributed by atoms with Gasteiger partial charge in [0.05, 0.1) is 23.0 Å². The molecule has 124 valence electrons. The predicted molar refractivity (Wildman–Crippen MR) is 93.3 cm³/mol. The molecule has 0 radical (unpaired) electrons. The number of amides is 1. The molecule has 1 atom stereocenters. The van der Waals surface area contributed by atoms with E-state index >= 15 is 0 Å². The van der Waals surface area contributed by atoms with Crippen molar-refractivity contribution < 1.29 is 9.21 Å². The molecular formula is C17H23N3O2S. The first-order valence-corrected chi connectivity index (χ1v) is 8.67. The van der Waals surface area contributed by atoms with Crippen LogP contribution >= 0.6 is 11.3 Å². The second-order valence-corrected chi connectivity index (χ2v) is 6.18. The van der Waals surface area contributed by atoms with Crippen molar-refractivity contribution in [1.82, 2.24) is 15.2 Å². The van der Waals surface area contributed by atoms with E-state index in [1.165, 1.54) is 6.08 Å². The summed E-state index contributed by atoms with van der Waals surface area (Å²) in [5.41, 5.74) is 0.814. The number of nitrogens with one attached hydrogen (secondary N) is 1. The van der Waals surface area contributed by atoms with Gasteiger partial charge in [-0.2, -0.15) is 0 Å². The fraction of sp³-hybridized carbons (Fsp3) is 0.412. The van der Waals surface area contributed by atoms with Gasteiger partial charge in [-0.3, -0.25) is 9.69 Å². The van der Waals surface area contributed by atoms with Crippen molar-refractivity contribution in [1.29, 1.82) is 0 Å². The second kappa shape index (κ2) is 8.64. The van der Waals surface area contributed by atoms with E-state index in [1.807, 2.05) is 24.4 Å². The first-order valence-electron chi connectivity index (χ1n) is 7.79. The molecule has 0 unspecified atom stereocenters. The number of likely N-dealkylation sites (N-methyl/N-ethyl adjacent to an activating group) is 1. The Morgan fingerprint density at radius 1 is 1.48 bits per heavy atom. The predicted octanol–water partition coefficient (Wildman–Crippen LogP) is 3.26. The number of aromatic nitrogens is 1. The minimum Gasteiger partial charge on any atom is -0.468 e. The van der Waals surface area contributed by atoms with E-state index < -0.39 is 0 Å². The van der Waals surface area contributed by atoms with Gasteiger partial charge in [0.25, 0.3) is 0 Å². The zero-order valence-corrected chi connectivity index (χ0v) is 14.6. The summed E-state index contributed by atoms with van der Waals surface area (Å²) >= 11 is 1.57. The Morgan fingerprint density at radius 2 is 2.26 bits per heavy atom. The maximum Gasteiger partial charge on any atom is 0.244 e. The first-order chi connectivity index (χ1) is 11.1. The Labute approximate surface area is 141 Å². The highest BCUT2D eigenvalue weighted by atomic mass is 32.1. The lowest BCUT2D eigenvalue weighted by atomic mass is 10.2. The van der Waals surface area contributed by atoms with Crippen molar-refractivity contribution in [2.75, 3.05) is 19.6 Å². The van der Waals surface area contributed by atoms with Crippen LogP contribution in [0.4, 0.5) is 0 Å². The summed E-state index contributed by atoms with van der Waals surface area (Å²) < 4.78 is 5.53. The minimum absolute atomic E-state index is 0.0406. The standard InChI is InChI=1S/C17H23N3O2S/c1-4-20(5-2)15(16-7-6-10-22-16)11-18-17(21)9-8-14-12-23-13(3)19-14/h6-10,12,15H,4-5,11H2,1-3H3,(H,18,21)/b9-8-/t15-/m0/s1. The molecule has 0 aliphatic carbocycles. The molecule has 5 nitrogen and oxygen atoms in total. The molecule has 2 aromatic heterocycles. The van der Waals surface area contributed by atoms with Crippen molar-refractivity contribution in [3.05, 3.63) is 46.3 Å². The van der Waals surface area contributed by atoms with Crippen LogP contribution in [-0.2, 0) is 4.79 Å². The van der Waals surface area contributed by atoms with Crippen LogP contribution < -0.4 is 5.32 Å². The molecule has 0 saturated carbocycles. The lowest BCUT2D eigenvalue weighted by Gasteiger charge is -2.28. The molecule has 6 heteroatoms. The number of carbonyl (C=O) groups is 1. The Balaban J connectivity index is 1.95. The fourth-order valence-corrected chi connectivity index (χ4v) is 3.01. The molecule has 2 rings (SSSR count). The van der Waals surface area contributed by atoms with Gasteiger partial charge in [-0.15, -0.1) is 11.3 Å². The molecule has 1 amide bonds. The highest BCUT2D eigenvalue weighted by Crippen LogP contribution is 2.20. The average molecular weight is 333 g/mol. The van der Waals surface area contributed by atoms with Crippen molar-refractivity contribution in [2.45, 2.75) is 26.8 Å². The Morgan fingerprint density at radius 3 is 2.83 bits per heavy atom. The summed E-state index contributed by atoms with van der Waals surface area (Å²) in [6.07, 6.45) is 4.92. The van der Waals surface area contributed by atoms with Gasteiger partial charge in [-0.25, -0.2) is 4.98 Å². The number of hydrogen-bond donors (Lipinski definition) is 1. The molecule has 0 aliphatic heterocycles. The van der Waals surface area contributed by atoms with Crippen LogP contribution in [0.1, 0.15) is 36.4 Å². The lowest BCUT2D eigenvalue weighted by molar-refractivity contribution is -0.116. The first kappa shape index (κ1) is 17.4. The molecule has 2 heterocycles. The third-order valence-corrected chi connectivity index (χ3v) is 4.43. The van der Waals surface area contributed by atoms with Crippen LogP contribution in [0.3, 0.4) is 0 Å². The maximum atomic E-state index is 12.0. The van der Waals surface area contributed by atoms with Crippen molar-refractivity contribution in [2.24, 2.45) is 0 Å². The summed E-state index contributed by atoms with van der Waals surface area (Å²) in [5.74, 6) is 0.743. The third-order valence-electron chi connectivity index (χ3n) is 3.64. The van der Waals surface area contributed by atoms with E-state index in [1.54, 1.807) is 23.7 Å². The van der Waals surface area contributed by atoms with E-state index in [0.717, 1.165) is 29.6 Å². The van der Waals surface area contributed by atoms with Gasteiger partial charge in [0, 0.05) is 18.0 Å². The number of nitrogens with zero attached hydrogens (tertiary/aromatic N) is 2. The monoisotopic (exact) mass is 333 g/mol. The van der Waals surface area contributed by atoms with E-state index in [0.29, 0.717) is 6.54 Å². The van der Waals surface area contributed by atoms with Gasteiger partial charge in [-0.1, -0.05) is 13.8 Å². The number of furan rings is 1. The summed E-state index contributed by atoms with van der Waals surface area (Å²) in [6, 6.07) is 3.86. The molecular weight excluding hydrogens is 310 g/mol. The molecule has 23 heavy (non-hydrogen) atoms. The number of rotatable bonds is 8. The highest BCUT2D eigenvalue weighted by Gasteiger charge is 2.20. The summed E-state index contributed by atoms with van der Waals surface area (Å²) in [7, 11) is 0. The van der Waals surface area contributed by atoms with E-state index in [4.69, 9.17) is 4.42 Å². The maximum absolute atomic E-state index is 12.0. The molecule has 2 aromatic rings. The van der Waals surface area contributed by atoms with Gasteiger partial charge >= 0.3 is 0 Å². The van der Waals surface area contributed by atoms with Crippen molar-refractivity contribution in [3.8, 4) is 0 Å². The minimum atomic E-state index is -0.126. The average Bonchev–Trinajstić information content (AvgIpc) is 3.21. The molecule has 0 fully saturated rings. The van der Waals surface area contributed by atoms with Crippen molar-refractivity contribution in [3.63, 3.8) is 0 Å². The lowest BCUT2D eigenvalue weighted by Crippen LogP contribution is -2.37. The molecule has 1 N–H and O–H groups in total. The Kier molecular flexibility index (Phi) is 6.55. The smallest absolute Gasteiger partial charge is 0.244 e. The van der Waals surface area contributed by atoms with Crippen LogP contribution in [0, 0.1) is 6.92 Å². The van der Waals surface area contributed by atoms with Crippen LogP contribution in [0.2, 0.25) is 0 Å². The van der Waals surface area contributed by atoms with E-state index in [-0.39, 0.29) is 11.9 Å². The zero-order valence-electron chi connectivity index (χ0n) is 13.8. The van der Waals surface area contributed by atoms with Crippen LogP contribution in [0.15, 0.2) is 34.3 Å². The molecule has 0 aliphatic rings. The van der Waals surface area contributed by atoms with Gasteiger partial charge in [0.15, 0.2) is 0 Å². The van der Waals surface area contributed by atoms with Gasteiger partial charge < -0.3 is 9.73 Å². The number of carbonyl (C=O) groups excluding carboxylic acids is 1. The van der Waals surface area contributed by atoms with Gasteiger partial charge in [0.2, 0.25) is 5.91 Å². The largest absolute Gasteiger partial charge is 0.468 e. The second-order valence-electron chi connectivity index (χ2n) is 5.12.